The summed E-state index contributed by atoms with van der Waals surface area (Å²) in [7, 11) is -2.11. The Labute approximate surface area is 85.2 Å². The lowest BCUT2D eigenvalue weighted by Crippen LogP contribution is -2.01. The number of rotatable bonds is 3. The van der Waals surface area contributed by atoms with Crippen molar-refractivity contribution < 1.29 is 4.57 Å². The molecule has 0 radical (unpaired) electrons. The molecule has 0 unspecified atom stereocenters. The highest BCUT2D eigenvalue weighted by Gasteiger charge is 2.09. The fourth-order valence-corrected chi connectivity index (χ4v) is 2.02. The first kappa shape index (κ1) is 11.2. The van der Waals surface area contributed by atoms with Gasteiger partial charge in [0.05, 0.1) is 0 Å². The number of nitrogens with two attached hydrogens (primary N) is 1. The van der Waals surface area contributed by atoms with Crippen molar-refractivity contribution in [3.63, 3.8) is 0 Å². The van der Waals surface area contributed by atoms with Gasteiger partial charge < -0.3 is 10.3 Å². The van der Waals surface area contributed by atoms with Gasteiger partial charge in [-0.3, -0.25) is 0 Å². The molecule has 1 aromatic rings. The van der Waals surface area contributed by atoms with E-state index >= 15 is 0 Å². The molecule has 14 heavy (non-hydrogen) atoms. The fourth-order valence-electron chi connectivity index (χ4n) is 1.15. The predicted octanol–water partition coefficient (Wildman–Crippen LogP) is 1.91. The Bertz CT molecular complexity index is 361. The smallest absolute Gasteiger partial charge is 0.109 e. The summed E-state index contributed by atoms with van der Waals surface area (Å²) < 4.78 is 11.7. The van der Waals surface area contributed by atoms with Crippen molar-refractivity contribution in [1.82, 2.24) is 0 Å². The lowest BCUT2D eigenvalue weighted by molar-refractivity contribution is 0.588. The maximum Gasteiger partial charge on any atom is 0.109 e. The Balaban J connectivity index is 2.90. The lowest BCUT2D eigenvalue weighted by Gasteiger charge is -2.06. The molecule has 0 fully saturated rings. The summed E-state index contributed by atoms with van der Waals surface area (Å²) >= 11 is 0. The normalized spacial score (nSPS) is 12.2. The zero-order chi connectivity index (χ0) is 10.6. The van der Waals surface area contributed by atoms with Gasteiger partial charge in [-0.15, -0.1) is 0 Å². The van der Waals surface area contributed by atoms with Gasteiger partial charge in [0.2, 0.25) is 0 Å². The van der Waals surface area contributed by atoms with Gasteiger partial charge in [0.15, 0.2) is 0 Å². The third-order valence-corrected chi connectivity index (χ3v) is 3.50. The van der Waals surface area contributed by atoms with E-state index in [1.165, 1.54) is 0 Å². The summed E-state index contributed by atoms with van der Waals surface area (Å²) in [5.74, 6) is 0. The molecule has 0 aliphatic rings. The molecule has 0 heterocycles. The molecule has 0 aliphatic carbocycles. The topological polar surface area (TPSA) is 43.1 Å². The van der Waals surface area contributed by atoms with Crippen LogP contribution in [0.4, 0.5) is 0 Å². The molecular formula is C11H16NOP. The minimum Gasteiger partial charge on any atom is -0.327 e. The Morgan fingerprint density at radius 3 is 2.29 bits per heavy atom. The highest BCUT2D eigenvalue weighted by molar-refractivity contribution is 7.70. The standard InChI is InChI=1S/C11H16NOP/c1-14(2,13)11-7-5-10(6-8-11)4-3-9-12/h3-8H,9,12H2,1-2H3/b4-3+. The zero-order valence-electron chi connectivity index (χ0n) is 8.60. The van der Waals surface area contributed by atoms with E-state index in [1.54, 1.807) is 13.3 Å². The van der Waals surface area contributed by atoms with Crippen LogP contribution in [0.5, 0.6) is 0 Å². The molecule has 3 heteroatoms. The largest absolute Gasteiger partial charge is 0.327 e. The minimum atomic E-state index is -2.11. The molecule has 1 aromatic carbocycles. The van der Waals surface area contributed by atoms with E-state index in [0.29, 0.717) is 6.54 Å². The number of hydrogen-bond donors (Lipinski definition) is 1. The van der Waals surface area contributed by atoms with Crippen LogP contribution in [0.25, 0.3) is 6.08 Å². The Kier molecular flexibility index (Phi) is 3.68. The van der Waals surface area contributed by atoms with Crippen LogP contribution in [-0.4, -0.2) is 19.9 Å². The van der Waals surface area contributed by atoms with Gasteiger partial charge in [-0.25, -0.2) is 0 Å². The van der Waals surface area contributed by atoms with E-state index in [2.05, 4.69) is 0 Å². The third kappa shape index (κ3) is 3.13. The van der Waals surface area contributed by atoms with E-state index < -0.39 is 7.14 Å². The average molecular weight is 209 g/mol. The summed E-state index contributed by atoms with van der Waals surface area (Å²) in [5, 5.41) is 0.919. The molecule has 0 saturated heterocycles. The third-order valence-electron chi connectivity index (χ3n) is 1.96. The van der Waals surface area contributed by atoms with Crippen LogP contribution in [0.3, 0.4) is 0 Å². The molecule has 0 bridgehead atoms. The monoisotopic (exact) mass is 209 g/mol. The van der Waals surface area contributed by atoms with E-state index in [0.717, 1.165) is 10.9 Å². The van der Waals surface area contributed by atoms with Crippen molar-refractivity contribution in [3.8, 4) is 0 Å². The maximum absolute atomic E-state index is 11.7. The van der Waals surface area contributed by atoms with E-state index in [4.69, 9.17) is 5.73 Å². The van der Waals surface area contributed by atoms with Gasteiger partial charge in [-0.05, 0) is 18.9 Å². The molecule has 2 nitrogen and oxygen atoms in total. The lowest BCUT2D eigenvalue weighted by atomic mass is 10.2. The van der Waals surface area contributed by atoms with Crippen molar-refractivity contribution in [2.24, 2.45) is 5.73 Å². The van der Waals surface area contributed by atoms with Crippen LogP contribution in [-0.2, 0) is 4.57 Å². The van der Waals surface area contributed by atoms with Crippen LogP contribution in [0.15, 0.2) is 30.3 Å². The summed E-state index contributed by atoms with van der Waals surface area (Å²) in [6, 6.07) is 7.75. The minimum absolute atomic E-state index is 0.543. The Morgan fingerprint density at radius 2 is 1.86 bits per heavy atom. The van der Waals surface area contributed by atoms with Crippen LogP contribution < -0.4 is 11.0 Å². The molecule has 0 aliphatic heterocycles. The molecule has 2 N–H and O–H groups in total. The van der Waals surface area contributed by atoms with Gasteiger partial charge >= 0.3 is 0 Å². The first-order valence-electron chi connectivity index (χ1n) is 4.56. The molecule has 0 saturated carbocycles. The quantitative estimate of drug-likeness (QED) is 0.773. The van der Waals surface area contributed by atoms with Gasteiger partial charge in [-0.1, -0.05) is 36.4 Å². The van der Waals surface area contributed by atoms with Gasteiger partial charge in [0.25, 0.3) is 0 Å². The Morgan fingerprint density at radius 1 is 1.29 bits per heavy atom. The molecular weight excluding hydrogens is 193 g/mol. The first-order chi connectivity index (χ1) is 6.54. The summed E-state index contributed by atoms with van der Waals surface area (Å²) in [6.07, 6.45) is 3.85. The Hall–Kier alpha value is -0.850. The highest BCUT2D eigenvalue weighted by Crippen LogP contribution is 2.34. The van der Waals surface area contributed by atoms with Crippen LogP contribution >= 0.6 is 7.14 Å². The molecule has 0 aromatic heterocycles. The van der Waals surface area contributed by atoms with Crippen LogP contribution in [0, 0.1) is 0 Å². The predicted molar refractivity (Wildman–Crippen MR) is 63.6 cm³/mol. The van der Waals surface area contributed by atoms with Crippen LogP contribution in [0.2, 0.25) is 0 Å². The fraction of sp³-hybridized carbons (Fsp3) is 0.273. The summed E-state index contributed by atoms with van der Waals surface area (Å²) in [6.45, 7) is 4.09. The molecule has 0 atom stereocenters. The summed E-state index contributed by atoms with van der Waals surface area (Å²) in [4.78, 5) is 0. The van der Waals surface area contributed by atoms with Crippen LogP contribution in [0.1, 0.15) is 5.56 Å². The average Bonchev–Trinajstić information content (AvgIpc) is 2.14. The number of benzene rings is 1. The zero-order valence-corrected chi connectivity index (χ0v) is 9.50. The second-order valence-electron chi connectivity index (χ2n) is 3.58. The molecule has 0 amide bonds. The second-order valence-corrected chi connectivity index (χ2v) is 6.80. The van der Waals surface area contributed by atoms with Gasteiger partial charge in [0, 0.05) is 11.8 Å². The van der Waals surface area contributed by atoms with Crippen molar-refractivity contribution >= 4 is 18.5 Å². The van der Waals surface area contributed by atoms with Crippen molar-refractivity contribution in [2.45, 2.75) is 0 Å². The van der Waals surface area contributed by atoms with Gasteiger partial charge in [-0.2, -0.15) is 0 Å². The molecule has 76 valence electrons. The van der Waals surface area contributed by atoms with Crippen molar-refractivity contribution in [2.75, 3.05) is 19.9 Å². The molecule has 1 rings (SSSR count). The van der Waals surface area contributed by atoms with E-state index in [1.807, 2.05) is 36.4 Å². The van der Waals surface area contributed by atoms with Gasteiger partial charge in [0.1, 0.15) is 7.14 Å². The first-order valence-corrected chi connectivity index (χ1v) is 7.16. The highest BCUT2D eigenvalue weighted by atomic mass is 31.2. The van der Waals surface area contributed by atoms with E-state index in [9.17, 15) is 4.57 Å². The maximum atomic E-state index is 11.7. The number of hydrogen-bond acceptors (Lipinski definition) is 2. The van der Waals surface area contributed by atoms with Crippen molar-refractivity contribution in [3.05, 3.63) is 35.9 Å². The summed E-state index contributed by atoms with van der Waals surface area (Å²) in [5.41, 5.74) is 6.43. The van der Waals surface area contributed by atoms with E-state index in [-0.39, 0.29) is 0 Å². The SMILES string of the molecule is CP(C)(=O)c1ccc(/C=C/CN)cc1. The van der Waals surface area contributed by atoms with Crippen molar-refractivity contribution in [1.29, 1.82) is 0 Å². The molecule has 0 spiro atoms. The second kappa shape index (κ2) is 4.59.